The third-order valence-corrected chi connectivity index (χ3v) is 5.31. The Labute approximate surface area is 192 Å². The molecule has 0 spiro atoms. The van der Waals surface area contributed by atoms with Crippen molar-refractivity contribution >= 4 is 34.1 Å². The quantitative estimate of drug-likeness (QED) is 0.296. The van der Waals surface area contributed by atoms with Crippen molar-refractivity contribution in [2.45, 2.75) is 6.42 Å². The van der Waals surface area contributed by atoms with Crippen LogP contribution in [0.15, 0.2) is 84.0 Å². The summed E-state index contributed by atoms with van der Waals surface area (Å²) in [6, 6.07) is 21.6. The van der Waals surface area contributed by atoms with Crippen LogP contribution in [0.1, 0.15) is 15.9 Å². The normalized spacial score (nSPS) is 11.4. The molecule has 6 nitrogen and oxygen atoms in total. The second kappa shape index (κ2) is 9.99. The molecule has 1 aromatic heterocycles. The highest BCUT2D eigenvalue weighted by Gasteiger charge is 2.12. The number of amides is 1. The number of carbonyl (C=O) groups is 1. The van der Waals surface area contributed by atoms with E-state index < -0.39 is 5.82 Å². The van der Waals surface area contributed by atoms with Crippen LogP contribution in [0.4, 0.5) is 15.8 Å². The van der Waals surface area contributed by atoms with E-state index in [2.05, 4.69) is 26.7 Å². The van der Waals surface area contributed by atoms with Crippen LogP contribution in [0, 0.1) is 5.82 Å². The van der Waals surface area contributed by atoms with Crippen molar-refractivity contribution in [2.24, 2.45) is 4.99 Å². The molecule has 0 bridgehead atoms. The zero-order valence-corrected chi connectivity index (χ0v) is 18.6. The minimum absolute atomic E-state index is 0.195. The van der Waals surface area contributed by atoms with Crippen LogP contribution >= 0.6 is 0 Å². The van der Waals surface area contributed by atoms with Gasteiger partial charge in [-0.05, 0) is 48.4 Å². The first kappa shape index (κ1) is 22.1. The zero-order valence-electron chi connectivity index (χ0n) is 18.6. The van der Waals surface area contributed by atoms with E-state index in [-0.39, 0.29) is 17.6 Å². The predicted octanol–water partition coefficient (Wildman–Crippen LogP) is 4.81. The Morgan fingerprint density at radius 2 is 1.82 bits per heavy atom. The number of nitrogens with one attached hydrogen (secondary N) is 3. The number of hydrogen-bond donors (Lipinski definition) is 3. The Hall–Kier alpha value is -4.13. The van der Waals surface area contributed by atoms with Crippen molar-refractivity contribution in [1.82, 2.24) is 10.3 Å². The van der Waals surface area contributed by atoms with E-state index in [1.165, 1.54) is 6.07 Å². The molecule has 0 fully saturated rings. The van der Waals surface area contributed by atoms with E-state index in [9.17, 15) is 9.18 Å². The lowest BCUT2D eigenvalue weighted by Crippen LogP contribution is -2.36. The van der Waals surface area contributed by atoms with Gasteiger partial charge in [0.2, 0.25) is 5.96 Å². The van der Waals surface area contributed by atoms with E-state index in [0.29, 0.717) is 18.5 Å². The van der Waals surface area contributed by atoms with E-state index in [4.69, 9.17) is 0 Å². The molecule has 0 saturated carbocycles. The lowest BCUT2D eigenvalue weighted by molar-refractivity contribution is 0.0977. The van der Waals surface area contributed by atoms with E-state index in [1.54, 1.807) is 30.3 Å². The Balaban J connectivity index is 1.54. The van der Waals surface area contributed by atoms with E-state index in [0.717, 1.165) is 22.2 Å². The third-order valence-electron chi connectivity index (χ3n) is 5.31. The number of aromatic nitrogens is 1. The molecule has 0 aliphatic heterocycles. The summed E-state index contributed by atoms with van der Waals surface area (Å²) >= 11 is 0. The summed E-state index contributed by atoms with van der Waals surface area (Å²) in [5.74, 6) is -0.556. The van der Waals surface area contributed by atoms with Crippen LogP contribution < -0.4 is 15.5 Å². The third kappa shape index (κ3) is 5.38. The molecule has 33 heavy (non-hydrogen) atoms. The highest BCUT2D eigenvalue weighted by atomic mass is 19.1. The summed E-state index contributed by atoms with van der Waals surface area (Å²) in [7, 11) is 3.82. The second-order valence-electron chi connectivity index (χ2n) is 7.84. The molecule has 1 heterocycles. The van der Waals surface area contributed by atoms with Gasteiger partial charge in [-0.1, -0.05) is 36.4 Å². The van der Waals surface area contributed by atoms with Crippen molar-refractivity contribution in [1.29, 1.82) is 0 Å². The molecule has 0 atom stereocenters. The van der Waals surface area contributed by atoms with Crippen LogP contribution in [0.5, 0.6) is 0 Å². The molecule has 4 aromatic rings. The fraction of sp³-hybridized carbons (Fsp3) is 0.154. The monoisotopic (exact) mass is 443 g/mol. The fourth-order valence-electron chi connectivity index (χ4n) is 3.53. The highest BCUT2D eigenvalue weighted by Crippen LogP contribution is 2.18. The first-order valence-electron chi connectivity index (χ1n) is 10.7. The lowest BCUT2D eigenvalue weighted by Gasteiger charge is -2.15. The number of benzene rings is 3. The molecule has 0 unspecified atom stereocenters. The predicted molar refractivity (Wildman–Crippen MR) is 133 cm³/mol. The number of para-hydroxylation sites is 2. The van der Waals surface area contributed by atoms with Crippen molar-refractivity contribution in [3.05, 3.63) is 95.9 Å². The van der Waals surface area contributed by atoms with Gasteiger partial charge in [0.15, 0.2) is 0 Å². The molecule has 0 aliphatic carbocycles. The Kier molecular flexibility index (Phi) is 6.69. The summed E-state index contributed by atoms with van der Waals surface area (Å²) in [6.45, 7) is 0.413. The number of guanidine groups is 1. The highest BCUT2D eigenvalue weighted by molar-refractivity contribution is 6.10. The first-order valence-corrected chi connectivity index (χ1v) is 10.7. The number of aliphatic imine (C=N–C) groups is 1. The van der Waals surface area contributed by atoms with Crippen LogP contribution in [0.25, 0.3) is 10.9 Å². The first-order chi connectivity index (χ1) is 16.0. The number of hydrogen-bond acceptors (Lipinski definition) is 3. The van der Waals surface area contributed by atoms with Crippen molar-refractivity contribution in [3.63, 3.8) is 0 Å². The van der Waals surface area contributed by atoms with Crippen molar-refractivity contribution in [3.8, 4) is 0 Å². The number of rotatable bonds is 6. The number of anilines is 2. The molecular formula is C26H26FN5O. The van der Waals surface area contributed by atoms with Gasteiger partial charge < -0.3 is 15.2 Å². The minimum atomic E-state index is -0.425. The maximum absolute atomic E-state index is 14.2. The van der Waals surface area contributed by atoms with Crippen molar-refractivity contribution in [2.75, 3.05) is 30.9 Å². The number of aromatic amines is 1. The second-order valence-corrected chi connectivity index (χ2v) is 7.84. The van der Waals surface area contributed by atoms with Crippen LogP contribution in [-0.2, 0) is 6.42 Å². The van der Waals surface area contributed by atoms with Crippen molar-refractivity contribution < 1.29 is 9.18 Å². The van der Waals surface area contributed by atoms with E-state index >= 15 is 0 Å². The van der Waals surface area contributed by atoms with Crippen LogP contribution in [-0.4, -0.2) is 37.5 Å². The van der Waals surface area contributed by atoms with Gasteiger partial charge in [-0.2, -0.15) is 0 Å². The summed E-state index contributed by atoms with van der Waals surface area (Å²) in [6.07, 6.45) is 2.63. The largest absolute Gasteiger partial charge is 0.378 e. The SMILES string of the molecule is CN(C)c1cccc(C(=O)NC(=NCCc2c[nH]c3ccccc23)Nc2ccccc2F)c1. The minimum Gasteiger partial charge on any atom is -0.378 e. The van der Waals surface area contributed by atoms with Gasteiger partial charge >= 0.3 is 0 Å². The molecule has 0 saturated heterocycles. The van der Waals surface area contributed by atoms with Crippen LogP contribution in [0.3, 0.4) is 0 Å². The maximum Gasteiger partial charge on any atom is 0.258 e. The number of halogens is 1. The maximum atomic E-state index is 14.2. The molecular weight excluding hydrogens is 417 g/mol. The van der Waals surface area contributed by atoms with Gasteiger partial charge in [0.1, 0.15) is 5.82 Å². The molecule has 168 valence electrons. The average molecular weight is 444 g/mol. The zero-order chi connectivity index (χ0) is 23.2. The summed E-state index contributed by atoms with van der Waals surface area (Å²) in [4.78, 5) is 22.6. The molecule has 0 radical (unpaired) electrons. The Bertz CT molecular complexity index is 1290. The molecule has 4 rings (SSSR count). The van der Waals surface area contributed by atoms with Gasteiger partial charge in [0.05, 0.1) is 5.69 Å². The molecule has 3 aromatic carbocycles. The van der Waals surface area contributed by atoms with Gasteiger partial charge in [0.25, 0.3) is 5.91 Å². The summed E-state index contributed by atoms with van der Waals surface area (Å²) < 4.78 is 14.2. The van der Waals surface area contributed by atoms with Gasteiger partial charge in [-0.3, -0.25) is 15.1 Å². The standard InChI is InChI=1S/C26H26FN5O/c1-32(2)20-9-7-8-18(16-20)25(33)31-26(30-24-13-6-4-11-22(24)27)28-15-14-19-17-29-23-12-5-3-10-21(19)23/h3-13,16-17,29H,14-15H2,1-2H3,(H2,28,30,31,33). The lowest BCUT2D eigenvalue weighted by atomic mass is 10.1. The number of fused-ring (bicyclic) bond motifs is 1. The topological polar surface area (TPSA) is 72.5 Å². The molecule has 1 amide bonds. The molecule has 0 aliphatic rings. The van der Waals surface area contributed by atoms with Gasteiger partial charge in [-0.25, -0.2) is 4.39 Å². The molecule has 3 N–H and O–H groups in total. The number of carbonyl (C=O) groups excluding carboxylic acids is 1. The Morgan fingerprint density at radius 1 is 1.03 bits per heavy atom. The number of H-pyrrole nitrogens is 1. The summed E-state index contributed by atoms with van der Waals surface area (Å²) in [5, 5.41) is 6.87. The number of nitrogens with zero attached hydrogens (tertiary/aromatic N) is 2. The van der Waals surface area contributed by atoms with Crippen LogP contribution in [0.2, 0.25) is 0 Å². The summed E-state index contributed by atoms with van der Waals surface area (Å²) in [5.41, 5.74) is 3.83. The smallest absolute Gasteiger partial charge is 0.258 e. The fourth-order valence-corrected chi connectivity index (χ4v) is 3.53. The Morgan fingerprint density at radius 3 is 2.64 bits per heavy atom. The molecule has 7 heteroatoms. The van der Waals surface area contributed by atoms with Gasteiger partial charge in [0, 0.05) is 49.0 Å². The average Bonchev–Trinajstić information content (AvgIpc) is 3.23. The van der Waals surface area contributed by atoms with Gasteiger partial charge in [-0.15, -0.1) is 0 Å². The van der Waals surface area contributed by atoms with E-state index in [1.807, 2.05) is 55.5 Å².